The summed E-state index contributed by atoms with van der Waals surface area (Å²) in [6.45, 7) is 16.3. The number of carbonyl (C=O) groups excluding carboxylic acids is 4. The highest BCUT2D eigenvalue weighted by molar-refractivity contribution is 5.83. The van der Waals surface area contributed by atoms with Crippen LogP contribution in [0.15, 0.2) is 160 Å². The number of hydrogen-bond acceptors (Lipinski definition) is 12. The second kappa shape index (κ2) is 26.0. The quantitative estimate of drug-likeness (QED) is 0.0171. The maximum atomic E-state index is 11.9. The van der Waals surface area contributed by atoms with E-state index in [1.807, 2.05) is 72.8 Å². The van der Waals surface area contributed by atoms with Gasteiger partial charge < -0.3 is 37.9 Å². The molecule has 0 N–H and O–H groups in total. The van der Waals surface area contributed by atoms with Crippen molar-refractivity contribution in [1.82, 2.24) is 0 Å². The number of hydrogen-bond donors (Lipinski definition) is 0. The van der Waals surface area contributed by atoms with Crippen LogP contribution in [0.3, 0.4) is 0 Å². The summed E-state index contributed by atoms with van der Waals surface area (Å²) >= 11 is 0. The summed E-state index contributed by atoms with van der Waals surface area (Å²) in [5, 5.41) is 0. The number of esters is 4. The minimum Gasteiger partial charge on any atom is -0.489 e. The zero-order valence-electron chi connectivity index (χ0n) is 39.7. The van der Waals surface area contributed by atoms with Gasteiger partial charge in [0, 0.05) is 52.0 Å². The van der Waals surface area contributed by atoms with E-state index < -0.39 is 29.3 Å². The van der Waals surface area contributed by atoms with Gasteiger partial charge in [0.25, 0.3) is 0 Å². The largest absolute Gasteiger partial charge is 0.489 e. The van der Waals surface area contributed by atoms with Crippen LogP contribution in [-0.2, 0) is 43.5 Å². The van der Waals surface area contributed by atoms with Gasteiger partial charge in [0.05, 0.1) is 0 Å². The second-order valence-electron chi connectivity index (χ2n) is 16.4. The van der Waals surface area contributed by atoms with Gasteiger partial charge in [0.1, 0.15) is 75.9 Å². The first-order valence-electron chi connectivity index (χ1n) is 23.4. The lowest BCUT2D eigenvalue weighted by Crippen LogP contribution is -2.26. The zero-order valence-corrected chi connectivity index (χ0v) is 39.7. The predicted octanol–water partition coefficient (Wildman–Crippen LogP) is 10.9. The summed E-state index contributed by atoms with van der Waals surface area (Å²) in [6, 6.07) is 36.0. The van der Waals surface area contributed by atoms with Crippen molar-refractivity contribution in [3.8, 4) is 45.3 Å². The molecule has 0 bridgehead atoms. The smallest absolute Gasteiger partial charge is 0.330 e. The molecule has 70 heavy (non-hydrogen) atoms. The van der Waals surface area contributed by atoms with E-state index in [4.69, 9.17) is 37.9 Å². The molecular weight excluding hydrogens is 889 g/mol. The highest BCUT2D eigenvalue weighted by atomic mass is 16.6. The highest BCUT2D eigenvalue weighted by Crippen LogP contribution is 2.47. The van der Waals surface area contributed by atoms with Gasteiger partial charge in [-0.2, -0.15) is 0 Å². The fourth-order valence-electron chi connectivity index (χ4n) is 8.42. The third-order valence-electron chi connectivity index (χ3n) is 12.0. The standard InChI is InChI=1S/C58H60O12/c1-6-54(59)67-35-31-63-50-21-15-13-19-46(50)48-39-44(27-29-52(48)65-33-37-69-56(61)8-3)58(5,43-25-23-42(24-26-43)41-17-11-10-12-18-41)45-28-30-53(66-34-38-70-57(62)9-4)49(40-45)47-20-14-16-22-51(47)64-32-36-68-55(60)7-2/h6-9,13-16,19-30,39-41H,1-4,10-12,17-18,31-38H2,5H3. The molecule has 1 saturated carbocycles. The third kappa shape index (κ3) is 13.6. The Bertz CT molecular complexity index is 2480. The summed E-state index contributed by atoms with van der Waals surface area (Å²) in [4.78, 5) is 47.5. The van der Waals surface area contributed by atoms with E-state index in [-0.39, 0.29) is 52.9 Å². The van der Waals surface area contributed by atoms with Crippen LogP contribution in [0.2, 0.25) is 0 Å². The fourth-order valence-corrected chi connectivity index (χ4v) is 8.42. The van der Waals surface area contributed by atoms with Crippen molar-refractivity contribution >= 4 is 23.9 Å². The number of rotatable bonds is 26. The molecule has 364 valence electrons. The Balaban J connectivity index is 1.51. The minimum absolute atomic E-state index is 0.00509. The Labute approximate surface area is 410 Å². The van der Waals surface area contributed by atoms with Crippen LogP contribution in [0.5, 0.6) is 23.0 Å². The van der Waals surface area contributed by atoms with Crippen LogP contribution in [0.4, 0.5) is 0 Å². The van der Waals surface area contributed by atoms with Crippen LogP contribution in [0.25, 0.3) is 22.3 Å². The molecule has 0 aromatic heterocycles. The molecule has 5 aromatic rings. The zero-order chi connectivity index (χ0) is 49.7. The van der Waals surface area contributed by atoms with Crippen molar-refractivity contribution in [1.29, 1.82) is 0 Å². The Morgan fingerprint density at radius 2 is 0.786 bits per heavy atom. The van der Waals surface area contributed by atoms with Crippen molar-refractivity contribution in [2.45, 2.75) is 50.4 Å². The highest BCUT2D eigenvalue weighted by Gasteiger charge is 2.34. The maximum absolute atomic E-state index is 11.9. The number of carbonyl (C=O) groups is 4. The molecule has 0 heterocycles. The lowest BCUT2D eigenvalue weighted by Gasteiger charge is -2.34. The van der Waals surface area contributed by atoms with E-state index in [9.17, 15) is 19.2 Å². The minimum atomic E-state index is -0.853. The van der Waals surface area contributed by atoms with Gasteiger partial charge in [-0.15, -0.1) is 0 Å². The molecule has 6 rings (SSSR count). The van der Waals surface area contributed by atoms with Gasteiger partial charge in [-0.3, -0.25) is 0 Å². The molecular formula is C58H60O12. The van der Waals surface area contributed by atoms with Gasteiger partial charge in [-0.25, -0.2) is 19.2 Å². The van der Waals surface area contributed by atoms with Crippen molar-refractivity contribution in [2.24, 2.45) is 0 Å². The molecule has 0 unspecified atom stereocenters. The second-order valence-corrected chi connectivity index (χ2v) is 16.4. The normalized spacial score (nSPS) is 12.4. The fraction of sp³-hybridized carbons (Fsp3) is 0.276. The van der Waals surface area contributed by atoms with Crippen LogP contribution in [0, 0.1) is 0 Å². The van der Waals surface area contributed by atoms with Crippen molar-refractivity contribution in [2.75, 3.05) is 52.9 Å². The van der Waals surface area contributed by atoms with E-state index >= 15 is 0 Å². The molecule has 5 aromatic carbocycles. The molecule has 0 amide bonds. The SMILES string of the molecule is C=CC(=O)OCCOc1ccccc1-c1cc(C(C)(c2ccc(C3CCCCC3)cc2)c2ccc(OCCOC(=O)C=C)c(-c3ccccc3OCCOC(=O)C=C)c2)ccc1OCCOC(=O)C=C. The third-order valence-corrected chi connectivity index (χ3v) is 12.0. The van der Waals surface area contributed by atoms with Gasteiger partial charge in [-0.05, 0) is 84.3 Å². The topological polar surface area (TPSA) is 142 Å². The van der Waals surface area contributed by atoms with Gasteiger partial charge in [0.15, 0.2) is 0 Å². The summed E-state index contributed by atoms with van der Waals surface area (Å²) in [5.74, 6) is 0.327. The summed E-state index contributed by atoms with van der Waals surface area (Å²) in [6.07, 6.45) is 10.4. The first-order valence-corrected chi connectivity index (χ1v) is 23.4. The van der Waals surface area contributed by atoms with Crippen LogP contribution in [-0.4, -0.2) is 76.7 Å². The van der Waals surface area contributed by atoms with Gasteiger partial charge in [-0.1, -0.05) is 118 Å². The Kier molecular flexibility index (Phi) is 19.2. The number of benzene rings is 5. The van der Waals surface area contributed by atoms with Crippen LogP contribution < -0.4 is 18.9 Å². The average Bonchev–Trinajstić information content (AvgIpc) is 3.41. The molecule has 0 atom stereocenters. The Hall–Kier alpha value is -7.86. The van der Waals surface area contributed by atoms with E-state index in [0.717, 1.165) is 53.8 Å². The molecule has 1 fully saturated rings. The van der Waals surface area contributed by atoms with Gasteiger partial charge >= 0.3 is 23.9 Å². The number of para-hydroxylation sites is 2. The number of ether oxygens (including phenoxy) is 8. The first-order chi connectivity index (χ1) is 34.1. The molecule has 12 heteroatoms. The van der Waals surface area contributed by atoms with E-state index in [1.165, 1.54) is 24.8 Å². The van der Waals surface area contributed by atoms with Crippen LogP contribution in [0.1, 0.15) is 67.2 Å². The molecule has 1 aliphatic rings. The Morgan fingerprint density at radius 1 is 0.443 bits per heavy atom. The average molecular weight is 949 g/mol. The maximum Gasteiger partial charge on any atom is 0.330 e. The van der Waals surface area contributed by atoms with Crippen molar-refractivity contribution in [3.05, 3.63) is 182 Å². The summed E-state index contributed by atoms with van der Waals surface area (Å²) < 4.78 is 46.1. The van der Waals surface area contributed by atoms with Crippen molar-refractivity contribution < 1.29 is 57.1 Å². The predicted molar refractivity (Wildman–Crippen MR) is 268 cm³/mol. The first kappa shape index (κ1) is 51.5. The molecule has 0 spiro atoms. The monoisotopic (exact) mass is 948 g/mol. The lowest BCUT2D eigenvalue weighted by atomic mass is 9.69. The Morgan fingerprint density at radius 3 is 1.16 bits per heavy atom. The summed E-state index contributed by atoms with van der Waals surface area (Å²) in [5.41, 5.74) is 6.08. The van der Waals surface area contributed by atoms with E-state index in [0.29, 0.717) is 51.2 Å². The molecule has 0 radical (unpaired) electrons. The van der Waals surface area contributed by atoms with E-state index in [1.54, 1.807) is 0 Å². The van der Waals surface area contributed by atoms with Crippen molar-refractivity contribution in [3.63, 3.8) is 0 Å². The molecule has 0 aliphatic heterocycles. The summed E-state index contributed by atoms with van der Waals surface area (Å²) in [7, 11) is 0. The molecule has 0 saturated heterocycles. The van der Waals surface area contributed by atoms with Crippen LogP contribution >= 0.6 is 0 Å². The molecule has 12 nitrogen and oxygen atoms in total. The molecule has 1 aliphatic carbocycles. The van der Waals surface area contributed by atoms with Gasteiger partial charge in [0.2, 0.25) is 0 Å². The lowest BCUT2D eigenvalue weighted by molar-refractivity contribution is -0.139. The van der Waals surface area contributed by atoms with E-state index in [2.05, 4.69) is 69.6 Å².